The molecule has 5 nitrogen and oxygen atoms in total. The zero-order chi connectivity index (χ0) is 9.26. The van der Waals surface area contributed by atoms with Gasteiger partial charge in [-0.15, -0.1) is 0 Å². The van der Waals surface area contributed by atoms with Gasteiger partial charge in [-0.1, -0.05) is 6.42 Å². The molecule has 0 aliphatic heterocycles. The summed E-state index contributed by atoms with van der Waals surface area (Å²) < 4.78 is 0. The molecule has 0 atom stereocenters. The van der Waals surface area contributed by atoms with Gasteiger partial charge in [-0.2, -0.15) is 9.97 Å². The van der Waals surface area contributed by atoms with Crippen LogP contribution in [0.25, 0.3) is 0 Å². The Balaban J connectivity index is 2.28. The normalized spacial score (nSPS) is 16.8. The van der Waals surface area contributed by atoms with Crippen molar-refractivity contribution in [2.45, 2.75) is 25.2 Å². The Bertz CT molecular complexity index is 312. The standard InChI is InChI=1S/C7H10ClN5/c8-6-10-5(4-2-1-3-4)11-7(12-6)13-9/h4H,1-3,9H2,(H,10,11,12,13). The molecule has 6 heteroatoms. The van der Waals surface area contributed by atoms with E-state index in [0.29, 0.717) is 11.9 Å². The van der Waals surface area contributed by atoms with Gasteiger partial charge in [0.05, 0.1) is 0 Å². The molecule has 1 saturated carbocycles. The van der Waals surface area contributed by atoms with Crippen molar-refractivity contribution in [3.63, 3.8) is 0 Å². The monoisotopic (exact) mass is 199 g/mol. The number of hydrazine groups is 1. The molecule has 1 heterocycles. The summed E-state index contributed by atoms with van der Waals surface area (Å²) in [6.07, 6.45) is 3.49. The highest BCUT2D eigenvalue weighted by molar-refractivity contribution is 6.28. The Hall–Kier alpha value is -0.940. The molecule has 1 aliphatic carbocycles. The first-order valence-corrected chi connectivity index (χ1v) is 4.55. The molecule has 0 aromatic carbocycles. The van der Waals surface area contributed by atoms with E-state index in [1.54, 1.807) is 0 Å². The molecular formula is C7H10ClN5. The van der Waals surface area contributed by atoms with Gasteiger partial charge >= 0.3 is 0 Å². The van der Waals surface area contributed by atoms with Crippen molar-refractivity contribution in [3.05, 3.63) is 11.1 Å². The Morgan fingerprint density at radius 3 is 2.62 bits per heavy atom. The van der Waals surface area contributed by atoms with Crippen LogP contribution < -0.4 is 11.3 Å². The van der Waals surface area contributed by atoms with Gasteiger partial charge < -0.3 is 0 Å². The summed E-state index contributed by atoms with van der Waals surface area (Å²) in [4.78, 5) is 12.0. The fourth-order valence-electron chi connectivity index (χ4n) is 1.28. The molecule has 1 aromatic heterocycles. The SMILES string of the molecule is NNc1nc(Cl)nc(C2CCC2)n1. The molecule has 0 amide bonds. The lowest BCUT2D eigenvalue weighted by molar-refractivity contribution is 0.400. The fourth-order valence-corrected chi connectivity index (χ4v) is 1.45. The van der Waals surface area contributed by atoms with Crippen LogP contribution in [0.5, 0.6) is 0 Å². The third-order valence-corrected chi connectivity index (χ3v) is 2.39. The number of hydrogen-bond donors (Lipinski definition) is 2. The second-order valence-electron chi connectivity index (χ2n) is 3.06. The minimum absolute atomic E-state index is 0.199. The zero-order valence-corrected chi connectivity index (χ0v) is 7.75. The van der Waals surface area contributed by atoms with Crippen molar-refractivity contribution in [1.29, 1.82) is 0 Å². The quantitative estimate of drug-likeness (QED) is 0.551. The van der Waals surface area contributed by atoms with E-state index < -0.39 is 0 Å². The van der Waals surface area contributed by atoms with Crippen molar-refractivity contribution in [1.82, 2.24) is 15.0 Å². The third-order valence-electron chi connectivity index (χ3n) is 2.22. The molecule has 0 radical (unpaired) electrons. The number of aromatic nitrogens is 3. The van der Waals surface area contributed by atoms with Gasteiger partial charge in [0.25, 0.3) is 0 Å². The van der Waals surface area contributed by atoms with Crippen LogP contribution >= 0.6 is 11.6 Å². The summed E-state index contributed by atoms with van der Waals surface area (Å²) in [6, 6.07) is 0. The average Bonchev–Trinajstić information content (AvgIpc) is 2.00. The van der Waals surface area contributed by atoms with Crippen molar-refractivity contribution in [3.8, 4) is 0 Å². The Morgan fingerprint density at radius 1 is 1.31 bits per heavy atom. The second-order valence-corrected chi connectivity index (χ2v) is 3.40. The average molecular weight is 200 g/mol. The lowest BCUT2D eigenvalue weighted by Gasteiger charge is -2.23. The molecule has 2 rings (SSSR count). The van der Waals surface area contributed by atoms with E-state index in [1.165, 1.54) is 6.42 Å². The zero-order valence-electron chi connectivity index (χ0n) is 7.00. The van der Waals surface area contributed by atoms with Crippen molar-refractivity contribution >= 4 is 17.5 Å². The molecule has 1 fully saturated rings. The number of nitrogens with two attached hydrogens (primary N) is 1. The van der Waals surface area contributed by atoms with E-state index in [9.17, 15) is 0 Å². The topological polar surface area (TPSA) is 76.7 Å². The molecule has 13 heavy (non-hydrogen) atoms. The molecule has 3 N–H and O–H groups in total. The maximum atomic E-state index is 5.70. The van der Waals surface area contributed by atoms with Crippen molar-refractivity contribution in [2.75, 3.05) is 5.43 Å². The van der Waals surface area contributed by atoms with E-state index in [2.05, 4.69) is 20.4 Å². The number of halogens is 1. The number of nitrogens with one attached hydrogen (secondary N) is 1. The molecule has 0 spiro atoms. The van der Waals surface area contributed by atoms with Crippen LogP contribution in [-0.2, 0) is 0 Å². The van der Waals surface area contributed by atoms with Crippen LogP contribution in [0.2, 0.25) is 5.28 Å². The summed E-state index contributed by atoms with van der Waals surface area (Å²) in [5, 5.41) is 0.199. The Kier molecular flexibility index (Phi) is 2.28. The predicted molar refractivity (Wildman–Crippen MR) is 49.2 cm³/mol. The highest BCUT2D eigenvalue weighted by Gasteiger charge is 2.23. The fraction of sp³-hybridized carbons (Fsp3) is 0.571. The van der Waals surface area contributed by atoms with Crippen LogP contribution in [0, 0.1) is 0 Å². The molecule has 1 aromatic rings. The van der Waals surface area contributed by atoms with Crippen molar-refractivity contribution in [2.24, 2.45) is 5.84 Å². The van der Waals surface area contributed by atoms with E-state index in [-0.39, 0.29) is 5.28 Å². The summed E-state index contributed by atoms with van der Waals surface area (Å²) in [7, 11) is 0. The maximum absolute atomic E-state index is 5.70. The van der Waals surface area contributed by atoms with Crippen LogP contribution in [0.4, 0.5) is 5.95 Å². The van der Waals surface area contributed by atoms with Crippen LogP contribution in [-0.4, -0.2) is 15.0 Å². The highest BCUT2D eigenvalue weighted by atomic mass is 35.5. The first kappa shape index (κ1) is 8.65. The largest absolute Gasteiger partial charge is 0.292 e. The van der Waals surface area contributed by atoms with E-state index in [4.69, 9.17) is 17.4 Å². The van der Waals surface area contributed by atoms with Gasteiger partial charge in [-0.3, -0.25) is 5.43 Å². The Morgan fingerprint density at radius 2 is 2.08 bits per heavy atom. The molecule has 0 saturated heterocycles. The summed E-state index contributed by atoms with van der Waals surface area (Å²) >= 11 is 5.70. The predicted octanol–water partition coefficient (Wildman–Crippen LogP) is 1.08. The minimum Gasteiger partial charge on any atom is -0.292 e. The molecule has 1 aliphatic rings. The van der Waals surface area contributed by atoms with Crippen LogP contribution in [0.15, 0.2) is 0 Å². The Labute approximate surface area is 80.7 Å². The van der Waals surface area contributed by atoms with Gasteiger partial charge in [-0.25, -0.2) is 10.8 Å². The minimum atomic E-state index is 0.199. The van der Waals surface area contributed by atoms with Gasteiger partial charge in [0.2, 0.25) is 11.2 Å². The molecule has 0 unspecified atom stereocenters. The van der Waals surface area contributed by atoms with Crippen LogP contribution in [0.3, 0.4) is 0 Å². The van der Waals surface area contributed by atoms with E-state index in [1.807, 2.05) is 0 Å². The first-order valence-electron chi connectivity index (χ1n) is 4.17. The number of nitrogen functional groups attached to an aromatic ring is 1. The van der Waals surface area contributed by atoms with E-state index >= 15 is 0 Å². The lowest BCUT2D eigenvalue weighted by atomic mass is 9.85. The summed E-state index contributed by atoms with van der Waals surface area (Å²) in [6.45, 7) is 0. The van der Waals surface area contributed by atoms with Gasteiger partial charge in [-0.05, 0) is 24.4 Å². The van der Waals surface area contributed by atoms with E-state index in [0.717, 1.165) is 18.7 Å². The first-order chi connectivity index (χ1) is 6.29. The lowest BCUT2D eigenvalue weighted by Crippen LogP contribution is -2.17. The van der Waals surface area contributed by atoms with Crippen LogP contribution in [0.1, 0.15) is 31.0 Å². The second kappa shape index (κ2) is 3.43. The van der Waals surface area contributed by atoms with Crippen molar-refractivity contribution < 1.29 is 0 Å². The highest BCUT2D eigenvalue weighted by Crippen LogP contribution is 2.34. The summed E-state index contributed by atoms with van der Waals surface area (Å²) in [5.74, 6) is 6.71. The number of anilines is 1. The summed E-state index contributed by atoms with van der Waals surface area (Å²) in [5.41, 5.74) is 2.36. The maximum Gasteiger partial charge on any atom is 0.241 e. The van der Waals surface area contributed by atoms with Gasteiger partial charge in [0.15, 0.2) is 0 Å². The number of nitrogens with zero attached hydrogens (tertiary/aromatic N) is 3. The molecular weight excluding hydrogens is 190 g/mol. The van der Waals surface area contributed by atoms with Gasteiger partial charge in [0, 0.05) is 5.92 Å². The molecule has 0 bridgehead atoms. The number of rotatable bonds is 2. The number of hydrogen-bond acceptors (Lipinski definition) is 5. The smallest absolute Gasteiger partial charge is 0.241 e. The third kappa shape index (κ3) is 1.71. The molecule has 70 valence electrons. The van der Waals surface area contributed by atoms with Gasteiger partial charge in [0.1, 0.15) is 5.82 Å².